The summed E-state index contributed by atoms with van der Waals surface area (Å²) < 4.78 is 7.38. The third kappa shape index (κ3) is 6.77. The fourth-order valence-electron chi connectivity index (χ4n) is 11.7. The molecule has 0 aliphatic carbocycles. The summed E-state index contributed by atoms with van der Waals surface area (Å²) in [7, 11) is 0. The Morgan fingerprint density at radius 3 is 1.08 bits per heavy atom. The Balaban J connectivity index is 0.970. The number of rotatable bonds is 8. The number of para-hydroxylation sites is 6. The Morgan fingerprint density at radius 2 is 0.547 bits per heavy atom. The van der Waals surface area contributed by atoms with Gasteiger partial charge in [0.05, 0.1) is 50.2 Å². The van der Waals surface area contributed by atoms with Crippen molar-refractivity contribution in [2.75, 3.05) is 0 Å². The lowest BCUT2D eigenvalue weighted by Gasteiger charge is -2.21. The average molecular weight is 957 g/mol. The summed E-state index contributed by atoms with van der Waals surface area (Å²) in [6, 6.07) is 95.5. The van der Waals surface area contributed by atoms with Gasteiger partial charge in [0.25, 0.3) is 0 Å². The summed E-state index contributed by atoms with van der Waals surface area (Å²) in [4.78, 5) is 15.2. The van der Waals surface area contributed by atoms with Gasteiger partial charge in [-0.1, -0.05) is 212 Å². The van der Waals surface area contributed by atoms with Crippen molar-refractivity contribution in [2.24, 2.45) is 0 Å². The molecule has 0 unspecified atom stereocenters. The first-order valence-electron chi connectivity index (χ1n) is 25.4. The van der Waals surface area contributed by atoms with E-state index < -0.39 is 0 Å². The molecular weight excluding hydrogens is 913 g/mol. The molecule has 0 atom stereocenters. The summed E-state index contributed by atoms with van der Waals surface area (Å²) in [5, 5.41) is 7.30. The van der Waals surface area contributed by atoms with E-state index in [0.29, 0.717) is 17.5 Å². The van der Waals surface area contributed by atoms with Gasteiger partial charge in [0, 0.05) is 60.1 Å². The van der Waals surface area contributed by atoms with E-state index in [0.717, 1.165) is 78.1 Å². The van der Waals surface area contributed by atoms with Crippen LogP contribution in [0.5, 0.6) is 0 Å². The van der Waals surface area contributed by atoms with Crippen molar-refractivity contribution < 1.29 is 0 Å². The van der Waals surface area contributed by atoms with Crippen molar-refractivity contribution in [1.29, 1.82) is 0 Å². The quantitative estimate of drug-likeness (QED) is 0.152. The predicted octanol–water partition coefficient (Wildman–Crippen LogP) is 17.5. The second-order valence-corrected chi connectivity index (χ2v) is 19.1. The van der Waals surface area contributed by atoms with E-state index in [4.69, 9.17) is 15.0 Å². The van der Waals surface area contributed by atoms with Gasteiger partial charge in [0.15, 0.2) is 17.5 Å². The average Bonchev–Trinajstić information content (AvgIpc) is 4.16. The van der Waals surface area contributed by atoms with Crippen LogP contribution >= 0.6 is 0 Å². The van der Waals surface area contributed by atoms with Crippen molar-refractivity contribution in [3.63, 3.8) is 0 Å². The molecule has 0 aliphatic heterocycles. The zero-order valence-corrected chi connectivity index (χ0v) is 40.6. The third-order valence-electron chi connectivity index (χ3n) is 14.9. The lowest BCUT2D eigenvalue weighted by molar-refractivity contribution is 1.07. The van der Waals surface area contributed by atoms with E-state index >= 15 is 0 Å². The molecule has 0 spiro atoms. The van der Waals surface area contributed by atoms with Crippen molar-refractivity contribution in [3.8, 4) is 73.5 Å². The van der Waals surface area contributed by atoms with Crippen molar-refractivity contribution in [2.45, 2.75) is 0 Å². The Hall–Kier alpha value is -10.2. The molecule has 350 valence electrons. The van der Waals surface area contributed by atoms with Crippen LogP contribution in [0.2, 0.25) is 0 Å². The standard InChI is InChI=1S/C69H44N6/c1-3-21-46(22-4-1)67-70-68(47-23-5-2-6-24-47)72-69(71-67)48-43-41-45(42-44-48)65-54(31-19-38-62(65)73-56-32-13-7-25-49(56)50-26-8-14-33-57(50)73)53-29-11-17-36-60(53)75-61-37-18-12-30-55(61)66-63(39-20-40-64(66)75)74-58-34-15-9-27-51(58)52-28-10-16-35-59(52)74/h1-44H. The molecule has 6 nitrogen and oxygen atoms in total. The SMILES string of the molecule is c1ccc(-c2nc(-c3ccccc3)nc(-c3ccc(-c4c(-c5ccccc5-n5c6ccccc6c6c(-n7c8ccccc8c8ccccc87)cccc65)cccc4-n4c5ccccc5c5ccccc54)cc3)n2)cc1. The van der Waals surface area contributed by atoms with Crippen molar-refractivity contribution in [1.82, 2.24) is 28.7 Å². The minimum absolute atomic E-state index is 0.613. The fraction of sp³-hybridized carbons (Fsp3) is 0. The van der Waals surface area contributed by atoms with E-state index in [1.165, 1.54) is 43.4 Å². The van der Waals surface area contributed by atoms with Crippen LogP contribution in [0.3, 0.4) is 0 Å². The Morgan fingerprint density at radius 1 is 0.213 bits per heavy atom. The van der Waals surface area contributed by atoms with Crippen LogP contribution in [0, 0.1) is 0 Å². The molecule has 0 fully saturated rings. The van der Waals surface area contributed by atoms with Gasteiger partial charge in [-0.3, -0.25) is 0 Å². The van der Waals surface area contributed by atoms with Gasteiger partial charge in [0.2, 0.25) is 0 Å². The smallest absolute Gasteiger partial charge is 0.164 e. The van der Waals surface area contributed by atoms with Crippen LogP contribution in [0.4, 0.5) is 0 Å². The van der Waals surface area contributed by atoms with E-state index in [2.05, 4.69) is 220 Å². The molecular formula is C69H44N6. The highest BCUT2D eigenvalue weighted by Gasteiger charge is 2.24. The first-order chi connectivity index (χ1) is 37.2. The van der Waals surface area contributed by atoms with Crippen LogP contribution in [-0.4, -0.2) is 28.7 Å². The summed E-state index contributed by atoms with van der Waals surface area (Å²) in [5.41, 5.74) is 17.4. The normalized spacial score (nSPS) is 11.7. The number of aromatic nitrogens is 6. The Kier molecular flexibility index (Phi) is 9.78. The number of hydrogen-bond donors (Lipinski definition) is 0. The van der Waals surface area contributed by atoms with Gasteiger partial charge in [-0.05, 0) is 65.7 Å². The molecule has 0 saturated carbocycles. The minimum Gasteiger partial charge on any atom is -0.309 e. The summed E-state index contributed by atoms with van der Waals surface area (Å²) in [6.07, 6.45) is 0. The number of benzene rings is 11. The van der Waals surface area contributed by atoms with Crippen molar-refractivity contribution in [3.05, 3.63) is 267 Å². The van der Waals surface area contributed by atoms with Gasteiger partial charge >= 0.3 is 0 Å². The molecule has 6 heteroatoms. The van der Waals surface area contributed by atoms with Gasteiger partial charge < -0.3 is 13.7 Å². The van der Waals surface area contributed by atoms with Gasteiger partial charge in [-0.25, -0.2) is 15.0 Å². The Labute approximate surface area is 432 Å². The maximum Gasteiger partial charge on any atom is 0.164 e. The summed E-state index contributed by atoms with van der Waals surface area (Å²) in [6.45, 7) is 0. The second-order valence-electron chi connectivity index (χ2n) is 19.1. The molecule has 0 N–H and O–H groups in total. The maximum absolute atomic E-state index is 5.10. The molecule has 0 amide bonds. The van der Waals surface area contributed by atoms with Crippen molar-refractivity contribution >= 4 is 65.4 Å². The molecule has 0 saturated heterocycles. The maximum atomic E-state index is 5.10. The van der Waals surface area contributed by atoms with Crippen LogP contribution < -0.4 is 0 Å². The van der Waals surface area contributed by atoms with Crippen LogP contribution in [0.15, 0.2) is 267 Å². The predicted molar refractivity (Wildman–Crippen MR) is 310 cm³/mol. The number of nitrogens with zero attached hydrogens (tertiary/aromatic N) is 6. The minimum atomic E-state index is 0.613. The fourth-order valence-corrected chi connectivity index (χ4v) is 11.7. The highest BCUT2D eigenvalue weighted by molar-refractivity contribution is 6.17. The molecule has 0 bridgehead atoms. The van der Waals surface area contributed by atoms with E-state index in [9.17, 15) is 0 Å². The molecule has 0 radical (unpaired) electrons. The molecule has 15 aromatic rings. The largest absolute Gasteiger partial charge is 0.309 e. The van der Waals surface area contributed by atoms with E-state index in [1.807, 2.05) is 60.7 Å². The third-order valence-corrected chi connectivity index (χ3v) is 14.9. The zero-order valence-electron chi connectivity index (χ0n) is 40.6. The monoisotopic (exact) mass is 956 g/mol. The topological polar surface area (TPSA) is 53.5 Å². The van der Waals surface area contributed by atoms with E-state index in [-0.39, 0.29) is 0 Å². The van der Waals surface area contributed by atoms with Gasteiger partial charge in [-0.2, -0.15) is 0 Å². The van der Waals surface area contributed by atoms with Gasteiger partial charge in [-0.15, -0.1) is 0 Å². The molecule has 0 aliphatic rings. The lowest BCUT2D eigenvalue weighted by atomic mass is 9.91. The van der Waals surface area contributed by atoms with Crippen LogP contribution in [0.25, 0.3) is 139 Å². The molecule has 4 aromatic heterocycles. The summed E-state index contributed by atoms with van der Waals surface area (Å²) in [5.74, 6) is 1.87. The Bertz CT molecular complexity index is 4530. The van der Waals surface area contributed by atoms with Crippen LogP contribution in [0.1, 0.15) is 0 Å². The first-order valence-corrected chi connectivity index (χ1v) is 25.4. The summed E-state index contributed by atoms with van der Waals surface area (Å²) >= 11 is 0. The molecule has 11 aromatic carbocycles. The molecule has 4 heterocycles. The first kappa shape index (κ1) is 42.5. The highest BCUT2D eigenvalue weighted by Crippen LogP contribution is 2.46. The number of hydrogen-bond acceptors (Lipinski definition) is 3. The molecule has 15 rings (SSSR count). The van der Waals surface area contributed by atoms with Gasteiger partial charge in [0.1, 0.15) is 0 Å². The van der Waals surface area contributed by atoms with Crippen LogP contribution in [-0.2, 0) is 0 Å². The highest BCUT2D eigenvalue weighted by atomic mass is 15.0. The number of fused-ring (bicyclic) bond motifs is 9. The lowest BCUT2D eigenvalue weighted by Crippen LogP contribution is -2.02. The van der Waals surface area contributed by atoms with E-state index in [1.54, 1.807) is 0 Å². The zero-order chi connectivity index (χ0) is 49.4. The molecule has 75 heavy (non-hydrogen) atoms. The second kappa shape index (κ2) is 17.3.